The first kappa shape index (κ1) is 19.2. The van der Waals surface area contributed by atoms with E-state index in [4.69, 9.17) is 20.1 Å². The van der Waals surface area contributed by atoms with E-state index in [0.717, 1.165) is 0 Å². The Morgan fingerprint density at radius 3 is 2.59 bits per heavy atom. The molecule has 1 unspecified atom stereocenters. The Hall–Kier alpha value is -2.60. The second-order valence-electron chi connectivity index (χ2n) is 5.84. The lowest BCUT2D eigenvalue weighted by Crippen LogP contribution is -2.16. The van der Waals surface area contributed by atoms with Crippen LogP contribution in [0, 0.1) is 0 Å². The van der Waals surface area contributed by atoms with E-state index in [9.17, 15) is 8.42 Å². The van der Waals surface area contributed by atoms with Crippen LogP contribution in [0.25, 0.3) is 11.0 Å². The summed E-state index contributed by atoms with van der Waals surface area (Å²) in [4.78, 5) is 8.46. The highest BCUT2D eigenvalue weighted by Gasteiger charge is 2.20. The van der Waals surface area contributed by atoms with Gasteiger partial charge in [0.2, 0.25) is 0 Å². The molecule has 0 aliphatic heterocycles. The molecule has 2 aromatic heterocycles. The van der Waals surface area contributed by atoms with Crippen molar-refractivity contribution >= 4 is 21.2 Å². The Kier molecular flexibility index (Phi) is 5.37. The summed E-state index contributed by atoms with van der Waals surface area (Å²) in [5.74, 6) is 0. The minimum absolute atomic E-state index is 0.0135. The quantitative estimate of drug-likeness (QED) is 0.383. The number of aliphatic hydroxyl groups is 1. The maximum atomic E-state index is 11.2. The summed E-state index contributed by atoms with van der Waals surface area (Å²) in [6, 6.07) is 4.96. The predicted molar refractivity (Wildman–Crippen MR) is 95.8 cm³/mol. The molecule has 4 N–H and O–H groups in total. The van der Waals surface area contributed by atoms with E-state index in [1.165, 1.54) is 24.3 Å². The summed E-state index contributed by atoms with van der Waals surface area (Å²) in [5.41, 5.74) is 7.93. The fourth-order valence-electron chi connectivity index (χ4n) is 2.56. The molecule has 0 fully saturated rings. The zero-order chi connectivity index (χ0) is 19.6. The van der Waals surface area contributed by atoms with E-state index in [2.05, 4.69) is 15.1 Å². The van der Waals surface area contributed by atoms with Gasteiger partial charge < -0.3 is 15.6 Å². The van der Waals surface area contributed by atoms with Gasteiger partial charge in [-0.25, -0.2) is 0 Å². The van der Waals surface area contributed by atoms with Crippen LogP contribution in [0.5, 0.6) is 6.01 Å². The highest BCUT2D eigenvalue weighted by molar-refractivity contribution is 7.85. The molecular formula is C16H19N5O5S. The molecule has 3 rings (SSSR count). The Balaban J connectivity index is 2.01. The molecule has 0 aliphatic carbocycles. The van der Waals surface area contributed by atoms with Crippen molar-refractivity contribution in [3.8, 4) is 6.01 Å². The van der Waals surface area contributed by atoms with Gasteiger partial charge in [-0.05, 0) is 17.7 Å². The SMILES string of the molecule is Cn1ncc2c(C(N)c3ccc(S(=O)(=O)O)cc3)nc(OCCCO)nc21. The molecule has 144 valence electrons. The van der Waals surface area contributed by atoms with Crippen molar-refractivity contribution in [3.63, 3.8) is 0 Å². The highest BCUT2D eigenvalue weighted by Crippen LogP contribution is 2.27. The smallest absolute Gasteiger partial charge is 0.318 e. The lowest BCUT2D eigenvalue weighted by molar-refractivity contribution is 0.224. The summed E-state index contributed by atoms with van der Waals surface area (Å²) in [6.07, 6.45) is 2.03. The average molecular weight is 393 g/mol. The largest absolute Gasteiger partial charge is 0.463 e. The van der Waals surface area contributed by atoms with Crippen LogP contribution in [0.3, 0.4) is 0 Å². The molecule has 1 aromatic carbocycles. The van der Waals surface area contributed by atoms with Crippen LogP contribution in [0.1, 0.15) is 23.7 Å². The third-order valence-corrected chi connectivity index (χ3v) is 4.83. The van der Waals surface area contributed by atoms with E-state index in [1.54, 1.807) is 17.9 Å². The van der Waals surface area contributed by atoms with E-state index in [1.807, 2.05) is 0 Å². The summed E-state index contributed by atoms with van der Waals surface area (Å²) < 4.78 is 38.5. The van der Waals surface area contributed by atoms with Crippen molar-refractivity contribution in [3.05, 3.63) is 41.7 Å². The number of aromatic nitrogens is 4. The van der Waals surface area contributed by atoms with Gasteiger partial charge in [0.05, 0.1) is 34.8 Å². The Morgan fingerprint density at radius 1 is 1.26 bits per heavy atom. The predicted octanol–water partition coefficient (Wildman–Crippen LogP) is 0.419. The lowest BCUT2D eigenvalue weighted by Gasteiger charge is -2.14. The summed E-state index contributed by atoms with van der Waals surface area (Å²) in [5, 5.41) is 13.7. The van der Waals surface area contributed by atoms with Crippen LogP contribution in [0.4, 0.5) is 0 Å². The van der Waals surface area contributed by atoms with Gasteiger partial charge >= 0.3 is 6.01 Å². The van der Waals surface area contributed by atoms with Crippen LogP contribution in [-0.4, -0.2) is 51.0 Å². The van der Waals surface area contributed by atoms with Crippen molar-refractivity contribution < 1.29 is 22.8 Å². The Labute approximate surface area is 155 Å². The number of fused-ring (bicyclic) bond motifs is 1. The van der Waals surface area contributed by atoms with Gasteiger partial charge in [-0.2, -0.15) is 23.5 Å². The van der Waals surface area contributed by atoms with Crippen LogP contribution in [0.15, 0.2) is 35.4 Å². The normalized spacial score (nSPS) is 13.0. The number of nitrogens with zero attached hydrogens (tertiary/aromatic N) is 4. The molecule has 0 spiro atoms. The molecule has 0 saturated carbocycles. The van der Waals surface area contributed by atoms with Crippen molar-refractivity contribution in [2.24, 2.45) is 12.8 Å². The van der Waals surface area contributed by atoms with E-state index < -0.39 is 16.2 Å². The van der Waals surface area contributed by atoms with E-state index in [0.29, 0.717) is 28.7 Å². The maximum absolute atomic E-state index is 11.2. The molecule has 27 heavy (non-hydrogen) atoms. The van der Waals surface area contributed by atoms with Crippen LogP contribution in [0.2, 0.25) is 0 Å². The number of rotatable bonds is 7. The maximum Gasteiger partial charge on any atom is 0.318 e. The molecule has 1 atom stereocenters. The van der Waals surface area contributed by atoms with Gasteiger partial charge in [-0.3, -0.25) is 9.23 Å². The summed E-state index contributed by atoms with van der Waals surface area (Å²) in [6.45, 7) is 0.234. The second kappa shape index (κ2) is 7.56. The molecule has 0 bridgehead atoms. The molecule has 0 amide bonds. The number of aryl methyl sites for hydroxylation is 1. The van der Waals surface area contributed by atoms with Gasteiger partial charge in [0.15, 0.2) is 5.65 Å². The molecule has 11 heteroatoms. The minimum Gasteiger partial charge on any atom is -0.463 e. The van der Waals surface area contributed by atoms with Gasteiger partial charge in [0.1, 0.15) is 0 Å². The standard InChI is InChI=1S/C16H19N5O5S/c1-21-15-12(9-18-21)14(19-16(20-15)26-8-2-7-22)13(17)10-3-5-11(6-4-10)27(23,24)25/h3-6,9,13,22H,2,7-8,17H2,1H3,(H,23,24,25). The monoisotopic (exact) mass is 393 g/mol. The molecular weight excluding hydrogens is 374 g/mol. The van der Waals surface area contributed by atoms with Crippen LogP contribution >= 0.6 is 0 Å². The van der Waals surface area contributed by atoms with Crippen molar-refractivity contribution in [2.45, 2.75) is 17.4 Å². The van der Waals surface area contributed by atoms with Crippen molar-refractivity contribution in [1.29, 1.82) is 0 Å². The number of benzene rings is 1. The molecule has 3 aromatic rings. The van der Waals surface area contributed by atoms with Gasteiger partial charge in [-0.15, -0.1) is 0 Å². The topological polar surface area (TPSA) is 153 Å². The highest BCUT2D eigenvalue weighted by atomic mass is 32.2. The lowest BCUT2D eigenvalue weighted by atomic mass is 10.0. The first-order chi connectivity index (χ1) is 12.8. The number of ether oxygens (including phenoxy) is 1. The van der Waals surface area contributed by atoms with Crippen LogP contribution in [-0.2, 0) is 17.2 Å². The van der Waals surface area contributed by atoms with Gasteiger partial charge in [-0.1, -0.05) is 12.1 Å². The van der Waals surface area contributed by atoms with Gasteiger partial charge in [0, 0.05) is 20.1 Å². The van der Waals surface area contributed by atoms with E-state index >= 15 is 0 Å². The number of aliphatic hydroxyl groups excluding tert-OH is 1. The first-order valence-corrected chi connectivity index (χ1v) is 9.51. The zero-order valence-corrected chi connectivity index (χ0v) is 15.3. The molecule has 0 radical (unpaired) electrons. The summed E-state index contributed by atoms with van der Waals surface area (Å²) >= 11 is 0. The second-order valence-corrected chi connectivity index (χ2v) is 7.27. The van der Waals surface area contributed by atoms with Crippen molar-refractivity contribution in [1.82, 2.24) is 19.7 Å². The fourth-order valence-corrected chi connectivity index (χ4v) is 3.04. The summed E-state index contributed by atoms with van der Waals surface area (Å²) in [7, 11) is -2.56. The fraction of sp³-hybridized carbons (Fsp3) is 0.312. The van der Waals surface area contributed by atoms with Gasteiger partial charge in [0.25, 0.3) is 10.1 Å². The number of hydrogen-bond donors (Lipinski definition) is 3. The Morgan fingerprint density at radius 2 is 1.96 bits per heavy atom. The molecule has 10 nitrogen and oxygen atoms in total. The van der Waals surface area contributed by atoms with Crippen molar-refractivity contribution in [2.75, 3.05) is 13.2 Å². The Bertz CT molecular complexity index is 1050. The first-order valence-electron chi connectivity index (χ1n) is 8.07. The average Bonchev–Trinajstić information content (AvgIpc) is 3.01. The van der Waals surface area contributed by atoms with E-state index in [-0.39, 0.29) is 24.1 Å². The number of hydrogen-bond acceptors (Lipinski definition) is 8. The third-order valence-electron chi connectivity index (χ3n) is 3.97. The minimum atomic E-state index is -4.28. The zero-order valence-electron chi connectivity index (χ0n) is 14.5. The molecule has 0 aliphatic rings. The number of nitrogens with two attached hydrogens (primary N) is 1. The third kappa shape index (κ3) is 4.06. The van der Waals surface area contributed by atoms with Crippen LogP contribution < -0.4 is 10.5 Å². The molecule has 0 saturated heterocycles. The molecule has 2 heterocycles.